The van der Waals surface area contributed by atoms with Gasteiger partial charge in [0, 0.05) is 24.7 Å². The number of rotatable bonds is 3. The Hall–Kier alpha value is -1.62. The predicted octanol–water partition coefficient (Wildman–Crippen LogP) is 0.957. The van der Waals surface area contributed by atoms with Gasteiger partial charge in [0.25, 0.3) is 0 Å². The van der Waals surface area contributed by atoms with Gasteiger partial charge in [-0.05, 0) is 31.0 Å². The number of hydrogen-bond acceptors (Lipinski definition) is 3. The summed E-state index contributed by atoms with van der Waals surface area (Å²) < 4.78 is 13.2. The van der Waals surface area contributed by atoms with E-state index in [-0.39, 0.29) is 17.8 Å². The second-order valence-corrected chi connectivity index (χ2v) is 4.34. The van der Waals surface area contributed by atoms with Crippen molar-refractivity contribution in [2.75, 3.05) is 11.4 Å². The number of benzene rings is 1. The Morgan fingerprint density at radius 3 is 3.12 bits per heavy atom. The highest BCUT2D eigenvalue weighted by atomic mass is 19.1. The summed E-state index contributed by atoms with van der Waals surface area (Å²) in [5.41, 5.74) is 4.14. The van der Waals surface area contributed by atoms with E-state index < -0.39 is 0 Å². The molecule has 0 bridgehead atoms. The molecule has 1 unspecified atom stereocenters. The first-order valence-electron chi connectivity index (χ1n) is 5.66. The second-order valence-electron chi connectivity index (χ2n) is 4.34. The van der Waals surface area contributed by atoms with Crippen LogP contribution < -0.4 is 16.2 Å². The number of amides is 1. The third-order valence-electron chi connectivity index (χ3n) is 3.15. The Balaban J connectivity index is 2.15. The van der Waals surface area contributed by atoms with Gasteiger partial charge in [0.2, 0.25) is 5.91 Å². The Labute approximate surface area is 99.6 Å². The lowest BCUT2D eigenvalue weighted by molar-refractivity contribution is -0.121. The molecule has 3 N–H and O–H groups in total. The van der Waals surface area contributed by atoms with Crippen molar-refractivity contribution in [3.8, 4) is 0 Å². The zero-order chi connectivity index (χ0) is 12.4. The van der Waals surface area contributed by atoms with Gasteiger partial charge in [-0.2, -0.15) is 0 Å². The molecule has 0 saturated heterocycles. The van der Waals surface area contributed by atoms with E-state index in [1.165, 1.54) is 12.1 Å². The average molecular weight is 237 g/mol. The van der Waals surface area contributed by atoms with Gasteiger partial charge in [-0.1, -0.05) is 6.07 Å². The topological polar surface area (TPSA) is 58.4 Å². The van der Waals surface area contributed by atoms with Crippen molar-refractivity contribution in [2.24, 2.45) is 5.84 Å². The Morgan fingerprint density at radius 2 is 2.41 bits per heavy atom. The molecule has 1 aliphatic heterocycles. The number of carbonyl (C=O) groups excluding carboxylic acids is 1. The van der Waals surface area contributed by atoms with Crippen molar-refractivity contribution >= 4 is 11.6 Å². The maximum Gasteiger partial charge on any atom is 0.235 e. The maximum absolute atomic E-state index is 13.2. The molecular weight excluding hydrogens is 221 g/mol. The van der Waals surface area contributed by atoms with Crippen molar-refractivity contribution in [1.82, 2.24) is 5.43 Å². The highest BCUT2D eigenvalue weighted by Crippen LogP contribution is 2.30. The molecule has 2 rings (SSSR count). The van der Waals surface area contributed by atoms with E-state index in [9.17, 15) is 9.18 Å². The van der Waals surface area contributed by atoms with Crippen LogP contribution in [0.15, 0.2) is 18.2 Å². The molecule has 0 spiro atoms. The quantitative estimate of drug-likeness (QED) is 0.467. The lowest BCUT2D eigenvalue weighted by Gasteiger charge is -2.26. The van der Waals surface area contributed by atoms with Gasteiger partial charge in [0.15, 0.2) is 0 Å². The summed E-state index contributed by atoms with van der Waals surface area (Å²) in [4.78, 5) is 13.3. The first-order valence-corrected chi connectivity index (χ1v) is 5.66. The van der Waals surface area contributed by atoms with Crippen LogP contribution >= 0.6 is 0 Å². The summed E-state index contributed by atoms with van der Waals surface area (Å²) in [6, 6.07) is 4.82. The van der Waals surface area contributed by atoms with E-state index in [1.54, 1.807) is 6.07 Å². The lowest BCUT2D eigenvalue weighted by atomic mass is 10.1. The molecule has 92 valence electrons. The van der Waals surface area contributed by atoms with Gasteiger partial charge in [-0.3, -0.25) is 10.2 Å². The van der Waals surface area contributed by atoms with Crippen LogP contribution in [-0.2, 0) is 11.2 Å². The number of nitrogens with zero attached hydrogens (tertiary/aromatic N) is 1. The van der Waals surface area contributed by atoms with Crippen LogP contribution in [0.1, 0.15) is 18.9 Å². The second kappa shape index (κ2) is 4.71. The number of hydrazine groups is 1. The number of nitrogens with two attached hydrogens (primary N) is 1. The first-order chi connectivity index (χ1) is 8.11. The Kier molecular flexibility index (Phi) is 3.28. The summed E-state index contributed by atoms with van der Waals surface area (Å²) in [6.07, 6.45) is 1.21. The minimum atomic E-state index is -0.244. The molecule has 1 atom stereocenters. The number of carbonyl (C=O) groups is 1. The zero-order valence-electron chi connectivity index (χ0n) is 9.74. The molecule has 1 aliphatic rings. The largest absolute Gasteiger partial charge is 0.368 e. The fourth-order valence-electron chi connectivity index (χ4n) is 2.27. The average Bonchev–Trinajstić information content (AvgIpc) is 2.71. The number of anilines is 1. The van der Waals surface area contributed by atoms with E-state index >= 15 is 0 Å². The molecular formula is C12H16FN3O. The maximum atomic E-state index is 13.2. The van der Waals surface area contributed by atoms with Gasteiger partial charge in [0.1, 0.15) is 5.82 Å². The van der Waals surface area contributed by atoms with Crippen LogP contribution in [0.2, 0.25) is 0 Å². The van der Waals surface area contributed by atoms with Crippen LogP contribution in [-0.4, -0.2) is 18.5 Å². The standard InChI is InChI=1S/C12H16FN3O/c1-8(6-12(17)15-14)16-5-4-9-2-3-10(13)7-11(9)16/h2-3,7-8H,4-6,14H2,1H3,(H,15,17). The summed E-state index contributed by atoms with van der Waals surface area (Å²) in [5, 5.41) is 0. The number of fused-ring (bicyclic) bond motifs is 1. The monoisotopic (exact) mass is 237 g/mol. The fraction of sp³-hybridized carbons (Fsp3) is 0.417. The molecule has 17 heavy (non-hydrogen) atoms. The highest BCUT2D eigenvalue weighted by Gasteiger charge is 2.24. The van der Waals surface area contributed by atoms with Crippen molar-refractivity contribution in [3.05, 3.63) is 29.6 Å². The van der Waals surface area contributed by atoms with Crippen molar-refractivity contribution in [3.63, 3.8) is 0 Å². The summed E-state index contributed by atoms with van der Waals surface area (Å²) in [5.74, 6) is 4.61. The van der Waals surface area contributed by atoms with Crippen molar-refractivity contribution in [2.45, 2.75) is 25.8 Å². The highest BCUT2D eigenvalue weighted by molar-refractivity contribution is 5.76. The predicted molar refractivity (Wildman–Crippen MR) is 63.9 cm³/mol. The first kappa shape index (κ1) is 11.9. The molecule has 1 amide bonds. The third-order valence-corrected chi connectivity index (χ3v) is 3.15. The molecule has 5 heteroatoms. The molecule has 1 aromatic carbocycles. The summed E-state index contributed by atoms with van der Waals surface area (Å²) in [6.45, 7) is 2.76. The van der Waals surface area contributed by atoms with Gasteiger partial charge in [0.05, 0.1) is 0 Å². The summed E-state index contributed by atoms with van der Waals surface area (Å²) >= 11 is 0. The SMILES string of the molecule is CC(CC(=O)NN)N1CCc2ccc(F)cc21. The van der Waals surface area contributed by atoms with Crippen LogP contribution in [0.25, 0.3) is 0 Å². The summed E-state index contributed by atoms with van der Waals surface area (Å²) in [7, 11) is 0. The van der Waals surface area contributed by atoms with E-state index in [4.69, 9.17) is 5.84 Å². The number of halogens is 1. The van der Waals surface area contributed by atoms with E-state index in [2.05, 4.69) is 5.43 Å². The van der Waals surface area contributed by atoms with Crippen LogP contribution in [0, 0.1) is 5.82 Å². The third kappa shape index (κ3) is 2.39. The fourth-order valence-corrected chi connectivity index (χ4v) is 2.27. The molecule has 1 heterocycles. The molecule has 4 nitrogen and oxygen atoms in total. The van der Waals surface area contributed by atoms with E-state index in [0.717, 1.165) is 24.2 Å². The normalized spacial score (nSPS) is 15.6. The van der Waals surface area contributed by atoms with Gasteiger partial charge >= 0.3 is 0 Å². The molecule has 1 aromatic rings. The van der Waals surface area contributed by atoms with Gasteiger partial charge < -0.3 is 4.90 Å². The smallest absolute Gasteiger partial charge is 0.235 e. The van der Waals surface area contributed by atoms with Crippen molar-refractivity contribution in [1.29, 1.82) is 0 Å². The minimum absolute atomic E-state index is 0.0154. The van der Waals surface area contributed by atoms with Crippen LogP contribution in [0.3, 0.4) is 0 Å². The molecule has 0 aliphatic carbocycles. The Bertz CT molecular complexity index is 436. The minimum Gasteiger partial charge on any atom is -0.368 e. The zero-order valence-corrected chi connectivity index (χ0v) is 9.74. The van der Waals surface area contributed by atoms with Crippen LogP contribution in [0.5, 0.6) is 0 Å². The van der Waals surface area contributed by atoms with Crippen molar-refractivity contribution < 1.29 is 9.18 Å². The lowest BCUT2D eigenvalue weighted by Crippen LogP contribution is -2.39. The van der Waals surface area contributed by atoms with Gasteiger partial charge in [-0.15, -0.1) is 0 Å². The molecule has 0 aromatic heterocycles. The van der Waals surface area contributed by atoms with Gasteiger partial charge in [-0.25, -0.2) is 10.2 Å². The molecule has 0 fully saturated rings. The van der Waals surface area contributed by atoms with Crippen LogP contribution in [0.4, 0.5) is 10.1 Å². The number of nitrogens with one attached hydrogen (secondary N) is 1. The Morgan fingerprint density at radius 1 is 1.65 bits per heavy atom. The number of hydrogen-bond donors (Lipinski definition) is 2. The molecule has 0 saturated carbocycles. The molecule has 0 radical (unpaired) electrons. The van der Waals surface area contributed by atoms with E-state index in [1.807, 2.05) is 11.8 Å². The van der Waals surface area contributed by atoms with E-state index in [0.29, 0.717) is 6.42 Å².